The Balaban J connectivity index is 1.61. The molecule has 4 aliphatic rings. The number of rotatable bonds is 7. The van der Waals surface area contributed by atoms with Gasteiger partial charge in [0.05, 0.1) is 5.70 Å². The Hall–Kier alpha value is -3.11. The molecule has 0 fully saturated rings. The molecular formula is C32H42N4. The fraction of sp³-hybridized carbons (Fsp3) is 0.406. The van der Waals surface area contributed by atoms with E-state index in [2.05, 4.69) is 124 Å². The van der Waals surface area contributed by atoms with Crippen molar-refractivity contribution in [3.05, 3.63) is 107 Å². The summed E-state index contributed by atoms with van der Waals surface area (Å²) in [6.45, 7) is 19.8. The zero-order chi connectivity index (χ0) is 25.8. The Morgan fingerprint density at radius 1 is 1.08 bits per heavy atom. The number of amidine groups is 1. The zero-order valence-corrected chi connectivity index (χ0v) is 23.0. The average Bonchev–Trinajstić information content (AvgIpc) is 2.89. The van der Waals surface area contributed by atoms with Crippen LogP contribution in [0.2, 0.25) is 0 Å². The van der Waals surface area contributed by atoms with E-state index in [1.807, 2.05) is 0 Å². The number of hydrogen-bond acceptors (Lipinski definition) is 4. The van der Waals surface area contributed by atoms with Crippen molar-refractivity contribution in [3.8, 4) is 0 Å². The van der Waals surface area contributed by atoms with E-state index in [0.29, 0.717) is 12.0 Å². The van der Waals surface area contributed by atoms with Crippen LogP contribution in [0.15, 0.2) is 112 Å². The second kappa shape index (κ2) is 11.3. The second-order valence-corrected chi connectivity index (χ2v) is 10.4. The van der Waals surface area contributed by atoms with E-state index in [0.717, 1.165) is 55.2 Å². The summed E-state index contributed by atoms with van der Waals surface area (Å²) in [5.74, 6) is 1.51. The number of nitrogens with zero attached hydrogens (tertiary/aromatic N) is 4. The molecule has 0 aromatic rings. The maximum atomic E-state index is 5.07. The van der Waals surface area contributed by atoms with Crippen molar-refractivity contribution in [2.45, 2.75) is 66.8 Å². The molecule has 0 spiro atoms. The van der Waals surface area contributed by atoms with Gasteiger partial charge in [0.25, 0.3) is 0 Å². The summed E-state index contributed by atoms with van der Waals surface area (Å²) in [6, 6.07) is 0.591. The number of allylic oxidation sites excluding steroid dienone is 7. The first-order valence-corrected chi connectivity index (χ1v) is 13.5. The van der Waals surface area contributed by atoms with Gasteiger partial charge in [-0.3, -0.25) is 4.90 Å². The third-order valence-corrected chi connectivity index (χ3v) is 7.57. The van der Waals surface area contributed by atoms with E-state index >= 15 is 0 Å². The van der Waals surface area contributed by atoms with E-state index in [-0.39, 0.29) is 0 Å². The van der Waals surface area contributed by atoms with Crippen LogP contribution in [-0.2, 0) is 0 Å². The van der Waals surface area contributed by atoms with Crippen molar-refractivity contribution in [1.82, 2.24) is 14.7 Å². The summed E-state index contributed by atoms with van der Waals surface area (Å²) in [7, 11) is 0. The van der Waals surface area contributed by atoms with Gasteiger partial charge in [-0.1, -0.05) is 45.1 Å². The van der Waals surface area contributed by atoms with Crippen molar-refractivity contribution in [1.29, 1.82) is 0 Å². The van der Waals surface area contributed by atoms with Crippen LogP contribution >= 0.6 is 0 Å². The van der Waals surface area contributed by atoms with E-state index in [9.17, 15) is 0 Å². The number of fused-ring (bicyclic) bond motifs is 1. The predicted molar refractivity (Wildman–Crippen MR) is 154 cm³/mol. The Bertz CT molecular complexity index is 1160. The summed E-state index contributed by atoms with van der Waals surface area (Å²) >= 11 is 0. The third kappa shape index (κ3) is 5.65. The van der Waals surface area contributed by atoms with Crippen molar-refractivity contribution < 1.29 is 0 Å². The molecule has 0 aliphatic carbocycles. The zero-order valence-electron chi connectivity index (χ0n) is 23.0. The van der Waals surface area contributed by atoms with Gasteiger partial charge < -0.3 is 9.80 Å². The van der Waals surface area contributed by atoms with Gasteiger partial charge in [-0.15, -0.1) is 0 Å². The van der Waals surface area contributed by atoms with Gasteiger partial charge in [0.15, 0.2) is 0 Å². The van der Waals surface area contributed by atoms with E-state index in [1.165, 1.54) is 22.4 Å². The van der Waals surface area contributed by atoms with Gasteiger partial charge in [0.1, 0.15) is 5.84 Å². The molecule has 0 saturated heterocycles. The minimum Gasteiger partial charge on any atom is -0.324 e. The fourth-order valence-electron chi connectivity index (χ4n) is 4.76. The molecule has 0 radical (unpaired) electrons. The lowest BCUT2D eigenvalue weighted by atomic mass is 9.96. The standard InChI is InChI=1S/C32H42N4/c1-8-10-30-19-31(29-12-11-26(7)35(21-29)20-25(6)24(5)9-2)33-32-14-13-28(22-36(30)32)27-15-17-34(18-16-27)23(3)4/h10-15,19-24H,7-9,16-18H2,1-6H3/b25-20-,30-10-. The SMILES string of the molecule is C=C1C=CC(C2=C/C(=C/CC)N3C=C(C4=CCN(C(C)C)CC4)C=CC3=N2)=CN1/C=C(/C)C(C)CC. The van der Waals surface area contributed by atoms with Crippen LogP contribution in [0, 0.1) is 5.92 Å². The van der Waals surface area contributed by atoms with Gasteiger partial charge in [-0.05, 0) is 87.5 Å². The van der Waals surface area contributed by atoms with Crippen LogP contribution < -0.4 is 0 Å². The average molecular weight is 483 g/mol. The van der Waals surface area contributed by atoms with Crippen LogP contribution in [0.4, 0.5) is 0 Å². The van der Waals surface area contributed by atoms with Gasteiger partial charge in [0, 0.05) is 54.7 Å². The quantitative estimate of drug-likeness (QED) is 0.373. The third-order valence-electron chi connectivity index (χ3n) is 7.57. The minimum absolute atomic E-state index is 0.545. The molecule has 0 aromatic heterocycles. The molecule has 0 amide bonds. The summed E-state index contributed by atoms with van der Waals surface area (Å²) in [5.41, 5.74) is 8.30. The molecule has 0 bridgehead atoms. The normalized spacial score (nSPS) is 22.9. The van der Waals surface area contributed by atoms with Crippen molar-refractivity contribution in [3.63, 3.8) is 0 Å². The molecule has 1 unspecified atom stereocenters. The van der Waals surface area contributed by atoms with Crippen molar-refractivity contribution in [2.75, 3.05) is 13.1 Å². The largest absolute Gasteiger partial charge is 0.324 e. The summed E-state index contributed by atoms with van der Waals surface area (Å²) in [5, 5.41) is 0. The molecule has 0 saturated carbocycles. The monoisotopic (exact) mass is 482 g/mol. The lowest BCUT2D eigenvalue weighted by molar-refractivity contribution is 0.240. The second-order valence-electron chi connectivity index (χ2n) is 10.4. The molecule has 0 aromatic carbocycles. The molecule has 4 nitrogen and oxygen atoms in total. The van der Waals surface area contributed by atoms with Crippen LogP contribution in [-0.4, -0.2) is 39.7 Å². The molecule has 190 valence electrons. The molecule has 1 atom stereocenters. The highest BCUT2D eigenvalue weighted by Gasteiger charge is 2.24. The van der Waals surface area contributed by atoms with Gasteiger partial charge in [0.2, 0.25) is 0 Å². The van der Waals surface area contributed by atoms with Crippen LogP contribution in [0.5, 0.6) is 0 Å². The van der Waals surface area contributed by atoms with E-state index in [1.54, 1.807) is 0 Å². The molecule has 0 N–H and O–H groups in total. The molecule has 4 aliphatic heterocycles. The highest BCUT2D eigenvalue weighted by atomic mass is 15.2. The molecule has 4 heteroatoms. The lowest BCUT2D eigenvalue weighted by Gasteiger charge is -2.33. The Kier molecular flexibility index (Phi) is 8.15. The van der Waals surface area contributed by atoms with Gasteiger partial charge >= 0.3 is 0 Å². The Morgan fingerprint density at radius 2 is 1.86 bits per heavy atom. The van der Waals surface area contributed by atoms with E-state index in [4.69, 9.17) is 4.99 Å². The van der Waals surface area contributed by atoms with E-state index < -0.39 is 0 Å². The highest BCUT2D eigenvalue weighted by Crippen LogP contribution is 2.32. The van der Waals surface area contributed by atoms with Crippen LogP contribution in [0.3, 0.4) is 0 Å². The van der Waals surface area contributed by atoms with Gasteiger partial charge in [-0.2, -0.15) is 0 Å². The Morgan fingerprint density at radius 3 is 2.53 bits per heavy atom. The Labute approximate surface area is 218 Å². The van der Waals surface area contributed by atoms with Crippen LogP contribution in [0.25, 0.3) is 0 Å². The lowest BCUT2D eigenvalue weighted by Crippen LogP contribution is -2.35. The maximum absolute atomic E-state index is 5.07. The summed E-state index contributed by atoms with van der Waals surface area (Å²) < 4.78 is 0. The van der Waals surface area contributed by atoms with Crippen LogP contribution in [0.1, 0.15) is 60.8 Å². The van der Waals surface area contributed by atoms with Crippen molar-refractivity contribution >= 4 is 5.84 Å². The molecule has 4 rings (SSSR count). The first kappa shape index (κ1) is 26.0. The predicted octanol–water partition coefficient (Wildman–Crippen LogP) is 7.59. The van der Waals surface area contributed by atoms with Gasteiger partial charge in [-0.25, -0.2) is 4.99 Å². The topological polar surface area (TPSA) is 22.1 Å². The molecular weight excluding hydrogens is 440 g/mol. The summed E-state index contributed by atoms with van der Waals surface area (Å²) in [4.78, 5) is 12.0. The number of aliphatic imine (C=N–C) groups is 1. The first-order valence-electron chi connectivity index (χ1n) is 13.5. The van der Waals surface area contributed by atoms with Crippen molar-refractivity contribution in [2.24, 2.45) is 10.9 Å². The first-order chi connectivity index (χ1) is 17.3. The molecule has 36 heavy (non-hydrogen) atoms. The molecule has 4 heterocycles. The smallest absolute Gasteiger partial charge is 0.137 e. The maximum Gasteiger partial charge on any atom is 0.137 e. The highest BCUT2D eigenvalue weighted by molar-refractivity contribution is 5.99. The minimum atomic E-state index is 0.545. The fourth-order valence-corrected chi connectivity index (χ4v) is 4.76. The summed E-state index contributed by atoms with van der Waals surface area (Å²) in [6.07, 6.45) is 25.3. The number of hydrogen-bond donors (Lipinski definition) is 0.